The number of para-hydroxylation sites is 1. The van der Waals surface area contributed by atoms with Crippen molar-refractivity contribution in [1.29, 1.82) is 0 Å². The van der Waals surface area contributed by atoms with Crippen molar-refractivity contribution in [3.63, 3.8) is 0 Å². The molecular weight excluding hydrogens is 283 g/mol. The van der Waals surface area contributed by atoms with Crippen LogP contribution in [0.1, 0.15) is 5.56 Å². The van der Waals surface area contributed by atoms with Crippen LogP contribution in [-0.2, 0) is 0 Å². The van der Waals surface area contributed by atoms with Gasteiger partial charge in [-0.15, -0.1) is 0 Å². The second-order valence-electron chi connectivity index (χ2n) is 4.65. The SMILES string of the molecule is Fc1cc(F)cc(C=C[B]Oc2cccc3cccnc23)c1. The molecule has 0 N–H and O–H groups in total. The van der Waals surface area contributed by atoms with Crippen LogP contribution in [0.3, 0.4) is 0 Å². The van der Waals surface area contributed by atoms with Crippen LogP contribution in [0, 0.1) is 11.6 Å². The topological polar surface area (TPSA) is 22.1 Å². The van der Waals surface area contributed by atoms with E-state index in [2.05, 4.69) is 4.98 Å². The second-order valence-corrected chi connectivity index (χ2v) is 4.65. The molecule has 3 aromatic rings. The number of rotatable bonds is 4. The maximum absolute atomic E-state index is 13.1. The van der Waals surface area contributed by atoms with Gasteiger partial charge in [-0.3, -0.25) is 4.98 Å². The predicted octanol–water partition coefficient (Wildman–Crippen LogP) is 4.18. The molecule has 3 rings (SSSR count). The molecule has 0 unspecified atom stereocenters. The molecule has 0 amide bonds. The number of halogens is 2. The standard InChI is InChI=1S/C17H11BF2NO/c19-14-9-12(10-15(20)11-14)6-7-18-22-16-5-1-3-13-4-2-8-21-17(13)16/h1-11H. The zero-order chi connectivity index (χ0) is 15.4. The van der Waals surface area contributed by atoms with Gasteiger partial charge in [0.15, 0.2) is 0 Å². The van der Waals surface area contributed by atoms with Crippen molar-refractivity contribution in [1.82, 2.24) is 4.98 Å². The fourth-order valence-electron chi connectivity index (χ4n) is 2.11. The molecular formula is C17H11BF2NO. The molecule has 0 aliphatic heterocycles. The lowest BCUT2D eigenvalue weighted by Gasteiger charge is -2.05. The minimum absolute atomic E-state index is 0.424. The first-order valence-corrected chi connectivity index (χ1v) is 6.69. The maximum Gasteiger partial charge on any atom is 0.401 e. The van der Waals surface area contributed by atoms with E-state index in [0.29, 0.717) is 11.3 Å². The molecule has 107 valence electrons. The number of fused-ring (bicyclic) bond motifs is 1. The molecule has 0 saturated carbocycles. The first-order valence-electron chi connectivity index (χ1n) is 6.69. The summed E-state index contributed by atoms with van der Waals surface area (Å²) in [5.74, 6) is 0.974. The van der Waals surface area contributed by atoms with E-state index in [1.54, 1.807) is 18.2 Å². The van der Waals surface area contributed by atoms with Gasteiger partial charge < -0.3 is 4.65 Å². The monoisotopic (exact) mass is 294 g/mol. The van der Waals surface area contributed by atoms with Crippen LogP contribution in [0.5, 0.6) is 5.75 Å². The summed E-state index contributed by atoms with van der Waals surface area (Å²) in [7, 11) is 1.45. The highest BCUT2D eigenvalue weighted by Gasteiger charge is 2.02. The van der Waals surface area contributed by atoms with Crippen molar-refractivity contribution < 1.29 is 13.4 Å². The third-order valence-corrected chi connectivity index (χ3v) is 3.04. The number of pyridine rings is 1. The number of nitrogens with zero attached hydrogens (tertiary/aromatic N) is 1. The Bertz CT molecular complexity index is 810. The van der Waals surface area contributed by atoms with Crippen molar-refractivity contribution >= 4 is 24.5 Å². The smallest absolute Gasteiger partial charge is 0.401 e. The Morgan fingerprint density at radius 3 is 2.59 bits per heavy atom. The van der Waals surface area contributed by atoms with E-state index < -0.39 is 11.6 Å². The molecule has 22 heavy (non-hydrogen) atoms. The van der Waals surface area contributed by atoms with Crippen LogP contribution >= 0.6 is 0 Å². The molecule has 0 aliphatic rings. The molecule has 2 aromatic carbocycles. The van der Waals surface area contributed by atoms with E-state index in [1.807, 2.05) is 30.3 Å². The number of hydrogen-bond donors (Lipinski definition) is 0. The molecule has 1 radical (unpaired) electrons. The van der Waals surface area contributed by atoms with E-state index in [1.165, 1.54) is 19.6 Å². The lowest BCUT2D eigenvalue weighted by Crippen LogP contribution is -1.99. The molecule has 0 saturated heterocycles. The average Bonchev–Trinajstić information content (AvgIpc) is 2.51. The molecule has 1 aromatic heterocycles. The van der Waals surface area contributed by atoms with Crippen molar-refractivity contribution in [2.75, 3.05) is 0 Å². The molecule has 0 atom stereocenters. The molecule has 1 heterocycles. The van der Waals surface area contributed by atoms with Gasteiger partial charge >= 0.3 is 7.48 Å². The summed E-state index contributed by atoms with van der Waals surface area (Å²) in [6.45, 7) is 0. The van der Waals surface area contributed by atoms with Gasteiger partial charge in [-0.05, 0) is 29.8 Å². The van der Waals surface area contributed by atoms with E-state index in [9.17, 15) is 8.78 Å². The fraction of sp³-hybridized carbons (Fsp3) is 0. The highest BCUT2D eigenvalue weighted by Crippen LogP contribution is 2.22. The third-order valence-electron chi connectivity index (χ3n) is 3.04. The number of benzene rings is 2. The average molecular weight is 294 g/mol. The van der Waals surface area contributed by atoms with Crippen molar-refractivity contribution in [2.24, 2.45) is 0 Å². The van der Waals surface area contributed by atoms with Gasteiger partial charge in [0.2, 0.25) is 0 Å². The fourth-order valence-corrected chi connectivity index (χ4v) is 2.11. The summed E-state index contributed by atoms with van der Waals surface area (Å²) in [6.07, 6.45) is 3.26. The number of aromatic nitrogens is 1. The minimum Gasteiger partial charge on any atom is -0.557 e. The van der Waals surface area contributed by atoms with Crippen molar-refractivity contribution in [3.8, 4) is 5.75 Å². The molecule has 0 fully saturated rings. The summed E-state index contributed by atoms with van der Waals surface area (Å²) in [4.78, 5) is 4.27. The van der Waals surface area contributed by atoms with Gasteiger partial charge in [-0.1, -0.05) is 30.3 Å². The van der Waals surface area contributed by atoms with Gasteiger partial charge in [0.05, 0.1) is 0 Å². The Morgan fingerprint density at radius 1 is 1.00 bits per heavy atom. The van der Waals surface area contributed by atoms with E-state index in [0.717, 1.165) is 17.0 Å². The Balaban J connectivity index is 1.71. The molecule has 0 aliphatic carbocycles. The summed E-state index contributed by atoms with van der Waals surface area (Å²) >= 11 is 0. The zero-order valence-corrected chi connectivity index (χ0v) is 11.5. The summed E-state index contributed by atoms with van der Waals surface area (Å²) in [5.41, 5.74) is 1.18. The molecule has 2 nitrogen and oxygen atoms in total. The largest absolute Gasteiger partial charge is 0.557 e. The van der Waals surface area contributed by atoms with E-state index >= 15 is 0 Å². The first-order chi connectivity index (χ1) is 10.7. The second kappa shape index (κ2) is 6.39. The third kappa shape index (κ3) is 3.31. The number of hydrogen-bond acceptors (Lipinski definition) is 2. The molecule has 0 spiro atoms. The van der Waals surface area contributed by atoms with Crippen LogP contribution < -0.4 is 4.65 Å². The van der Waals surface area contributed by atoms with Gasteiger partial charge in [0.25, 0.3) is 0 Å². The maximum atomic E-state index is 13.1. The highest BCUT2D eigenvalue weighted by atomic mass is 19.1. The summed E-state index contributed by atoms with van der Waals surface area (Å²) < 4.78 is 31.6. The lowest BCUT2D eigenvalue weighted by molar-refractivity contribution is 0.583. The molecule has 0 bridgehead atoms. The van der Waals surface area contributed by atoms with Crippen LogP contribution in [0.25, 0.3) is 17.0 Å². The zero-order valence-electron chi connectivity index (χ0n) is 11.5. The first kappa shape index (κ1) is 14.3. The lowest BCUT2D eigenvalue weighted by atomic mass is 9.99. The van der Waals surface area contributed by atoms with Crippen LogP contribution in [-0.4, -0.2) is 12.5 Å². The van der Waals surface area contributed by atoms with Crippen LogP contribution in [0.2, 0.25) is 0 Å². The van der Waals surface area contributed by atoms with Crippen molar-refractivity contribution in [2.45, 2.75) is 0 Å². The molecule has 5 heteroatoms. The summed E-state index contributed by atoms with van der Waals surface area (Å²) in [6, 6.07) is 12.7. The highest BCUT2D eigenvalue weighted by molar-refractivity contribution is 6.37. The Hall–Kier alpha value is -2.69. The van der Waals surface area contributed by atoms with Gasteiger partial charge in [0, 0.05) is 17.6 Å². The van der Waals surface area contributed by atoms with Crippen molar-refractivity contribution in [3.05, 3.63) is 77.9 Å². The van der Waals surface area contributed by atoms with E-state index in [4.69, 9.17) is 4.65 Å². The minimum atomic E-state index is -0.612. The summed E-state index contributed by atoms with van der Waals surface area (Å²) in [5, 5.41) is 0.976. The Labute approximate surface area is 127 Å². The van der Waals surface area contributed by atoms with Crippen LogP contribution in [0.15, 0.2) is 60.7 Å². The van der Waals surface area contributed by atoms with Crippen LogP contribution in [0.4, 0.5) is 8.78 Å². The van der Waals surface area contributed by atoms with Gasteiger partial charge in [-0.2, -0.15) is 0 Å². The Morgan fingerprint density at radius 2 is 1.77 bits per heavy atom. The van der Waals surface area contributed by atoms with E-state index in [-0.39, 0.29) is 0 Å². The predicted molar refractivity (Wildman–Crippen MR) is 83.5 cm³/mol. The Kier molecular flexibility index (Phi) is 4.14. The van der Waals surface area contributed by atoms with Gasteiger partial charge in [0.1, 0.15) is 22.9 Å². The normalized spacial score (nSPS) is 11.0. The van der Waals surface area contributed by atoms with Gasteiger partial charge in [-0.25, -0.2) is 8.78 Å². The quantitative estimate of drug-likeness (QED) is 0.673.